The quantitative estimate of drug-likeness (QED) is 0.423. The Bertz CT molecular complexity index is 658. The van der Waals surface area contributed by atoms with Crippen LogP contribution in [-0.2, 0) is 6.54 Å². The summed E-state index contributed by atoms with van der Waals surface area (Å²) in [5, 5.41) is 6.92. The van der Waals surface area contributed by atoms with Crippen molar-refractivity contribution >= 4 is 41.5 Å². The minimum Gasteiger partial charge on any atom is -0.467 e. The maximum Gasteiger partial charge on any atom is 0.191 e. The lowest BCUT2D eigenvalue weighted by Gasteiger charge is -2.11. The van der Waals surface area contributed by atoms with Crippen molar-refractivity contribution < 1.29 is 8.81 Å². The Balaban J connectivity index is 0.00000192. The van der Waals surface area contributed by atoms with Gasteiger partial charge in [0.15, 0.2) is 5.96 Å². The molecule has 3 rings (SSSR count). The fraction of sp³-hybridized carbons (Fsp3) is 0.312. The zero-order chi connectivity index (χ0) is 15.5. The maximum atomic E-state index is 13.9. The van der Waals surface area contributed by atoms with Gasteiger partial charge in [0.1, 0.15) is 11.6 Å². The first-order chi connectivity index (χ1) is 10.7. The molecule has 1 aliphatic rings. The first-order valence-corrected chi connectivity index (χ1v) is 7.50. The SMILES string of the molecule is CN=C(NCc1ccco1)NC1CC1c1c(F)cccc1Cl.I. The summed E-state index contributed by atoms with van der Waals surface area (Å²) in [5.74, 6) is 1.32. The number of hydrogen-bond acceptors (Lipinski definition) is 2. The first-order valence-electron chi connectivity index (χ1n) is 7.12. The van der Waals surface area contributed by atoms with Gasteiger partial charge in [-0.05, 0) is 30.7 Å². The third-order valence-electron chi connectivity index (χ3n) is 3.72. The van der Waals surface area contributed by atoms with Crippen LogP contribution < -0.4 is 10.6 Å². The zero-order valence-electron chi connectivity index (χ0n) is 12.6. The van der Waals surface area contributed by atoms with Crippen molar-refractivity contribution in [3.63, 3.8) is 0 Å². The van der Waals surface area contributed by atoms with Crippen LogP contribution in [0.2, 0.25) is 5.02 Å². The molecular weight excluding hydrogens is 432 g/mol. The van der Waals surface area contributed by atoms with Gasteiger partial charge in [-0.1, -0.05) is 17.7 Å². The van der Waals surface area contributed by atoms with Crippen LogP contribution in [0.15, 0.2) is 46.0 Å². The van der Waals surface area contributed by atoms with Gasteiger partial charge < -0.3 is 15.1 Å². The van der Waals surface area contributed by atoms with E-state index >= 15 is 0 Å². The van der Waals surface area contributed by atoms with E-state index in [2.05, 4.69) is 15.6 Å². The predicted octanol–water partition coefficient (Wildman–Crippen LogP) is 3.91. The molecule has 7 heteroatoms. The number of nitrogens with zero attached hydrogens (tertiary/aromatic N) is 1. The number of rotatable bonds is 4. The summed E-state index contributed by atoms with van der Waals surface area (Å²) in [4.78, 5) is 4.17. The van der Waals surface area contributed by atoms with Gasteiger partial charge in [-0.15, -0.1) is 24.0 Å². The van der Waals surface area contributed by atoms with E-state index in [4.69, 9.17) is 16.0 Å². The molecule has 0 radical (unpaired) electrons. The monoisotopic (exact) mass is 449 g/mol. The van der Waals surface area contributed by atoms with E-state index in [9.17, 15) is 4.39 Å². The topological polar surface area (TPSA) is 49.6 Å². The van der Waals surface area contributed by atoms with Crippen LogP contribution in [0.1, 0.15) is 23.7 Å². The molecule has 124 valence electrons. The summed E-state index contributed by atoms with van der Waals surface area (Å²) >= 11 is 6.10. The van der Waals surface area contributed by atoms with Crippen molar-refractivity contribution in [3.8, 4) is 0 Å². The summed E-state index contributed by atoms with van der Waals surface area (Å²) in [6.45, 7) is 0.546. The summed E-state index contributed by atoms with van der Waals surface area (Å²) in [6.07, 6.45) is 2.46. The number of hydrogen-bond donors (Lipinski definition) is 2. The molecule has 0 bridgehead atoms. The second-order valence-corrected chi connectivity index (χ2v) is 5.64. The van der Waals surface area contributed by atoms with Crippen LogP contribution in [-0.4, -0.2) is 19.0 Å². The standard InChI is InChI=1S/C16H17ClFN3O.HI/c1-19-16(20-9-10-4-3-7-22-10)21-14-8-11(14)15-12(17)5-2-6-13(15)18;/h2-7,11,14H,8-9H2,1H3,(H2,19,20,21);1H. The van der Waals surface area contributed by atoms with E-state index in [1.165, 1.54) is 6.07 Å². The van der Waals surface area contributed by atoms with E-state index in [0.29, 0.717) is 23.1 Å². The number of guanidine groups is 1. The molecule has 1 saturated carbocycles. The second kappa shape index (κ2) is 8.01. The molecule has 1 aromatic heterocycles. The van der Waals surface area contributed by atoms with Crippen molar-refractivity contribution in [1.29, 1.82) is 0 Å². The molecule has 0 amide bonds. The molecule has 4 nitrogen and oxygen atoms in total. The van der Waals surface area contributed by atoms with Gasteiger partial charge in [0.05, 0.1) is 12.8 Å². The van der Waals surface area contributed by atoms with Gasteiger partial charge in [-0.2, -0.15) is 0 Å². The summed E-state index contributed by atoms with van der Waals surface area (Å²) < 4.78 is 19.2. The molecule has 0 saturated heterocycles. The van der Waals surface area contributed by atoms with Crippen molar-refractivity contribution in [2.24, 2.45) is 4.99 Å². The van der Waals surface area contributed by atoms with Crippen molar-refractivity contribution in [3.05, 3.63) is 58.8 Å². The van der Waals surface area contributed by atoms with Crippen LogP contribution in [0.25, 0.3) is 0 Å². The predicted molar refractivity (Wildman–Crippen MR) is 100 cm³/mol. The molecule has 1 aromatic carbocycles. The highest BCUT2D eigenvalue weighted by Crippen LogP contribution is 2.44. The molecule has 2 aromatic rings. The van der Waals surface area contributed by atoms with Crippen LogP contribution in [0.5, 0.6) is 0 Å². The third-order valence-corrected chi connectivity index (χ3v) is 4.05. The summed E-state index contributed by atoms with van der Waals surface area (Å²) in [5.41, 5.74) is 0.586. The fourth-order valence-electron chi connectivity index (χ4n) is 2.49. The Morgan fingerprint density at radius 3 is 2.87 bits per heavy atom. The molecule has 1 heterocycles. The van der Waals surface area contributed by atoms with Crippen molar-refractivity contribution in [2.75, 3.05) is 7.05 Å². The number of benzene rings is 1. The Kier molecular flexibility index (Phi) is 6.29. The van der Waals surface area contributed by atoms with Crippen LogP contribution in [0, 0.1) is 5.82 Å². The average Bonchev–Trinajstić information content (AvgIpc) is 3.04. The molecule has 2 N–H and O–H groups in total. The minimum atomic E-state index is -0.250. The summed E-state index contributed by atoms with van der Waals surface area (Å²) in [6, 6.07) is 8.65. The Morgan fingerprint density at radius 1 is 1.39 bits per heavy atom. The van der Waals surface area contributed by atoms with Crippen molar-refractivity contribution in [1.82, 2.24) is 10.6 Å². The van der Waals surface area contributed by atoms with Gasteiger partial charge in [0.25, 0.3) is 0 Å². The highest BCUT2D eigenvalue weighted by Gasteiger charge is 2.41. The van der Waals surface area contributed by atoms with Gasteiger partial charge >= 0.3 is 0 Å². The van der Waals surface area contributed by atoms with E-state index in [1.54, 1.807) is 25.4 Å². The number of halogens is 3. The average molecular weight is 450 g/mol. The zero-order valence-corrected chi connectivity index (χ0v) is 15.6. The Hall–Kier alpha value is -1.28. The lowest BCUT2D eigenvalue weighted by molar-refractivity contribution is 0.501. The van der Waals surface area contributed by atoms with Gasteiger partial charge in [-0.3, -0.25) is 4.99 Å². The van der Waals surface area contributed by atoms with E-state index in [-0.39, 0.29) is 41.8 Å². The molecule has 2 unspecified atom stereocenters. The van der Waals surface area contributed by atoms with E-state index in [1.807, 2.05) is 12.1 Å². The van der Waals surface area contributed by atoms with Crippen LogP contribution in [0.4, 0.5) is 4.39 Å². The lowest BCUT2D eigenvalue weighted by Crippen LogP contribution is -2.38. The Labute approximate surface area is 156 Å². The van der Waals surface area contributed by atoms with Crippen LogP contribution in [0.3, 0.4) is 0 Å². The smallest absolute Gasteiger partial charge is 0.191 e. The minimum absolute atomic E-state index is 0. The molecule has 0 spiro atoms. The van der Waals surface area contributed by atoms with Gasteiger partial charge in [0.2, 0.25) is 0 Å². The van der Waals surface area contributed by atoms with E-state index in [0.717, 1.165) is 12.2 Å². The maximum absolute atomic E-state index is 13.9. The first kappa shape index (κ1) is 18.1. The molecule has 0 aliphatic heterocycles. The highest BCUT2D eigenvalue weighted by atomic mass is 127. The molecule has 23 heavy (non-hydrogen) atoms. The van der Waals surface area contributed by atoms with E-state index < -0.39 is 0 Å². The highest BCUT2D eigenvalue weighted by molar-refractivity contribution is 14.0. The third kappa shape index (κ3) is 4.38. The molecule has 1 aliphatic carbocycles. The fourth-order valence-corrected chi connectivity index (χ4v) is 2.80. The Morgan fingerprint density at radius 2 is 2.22 bits per heavy atom. The molecular formula is C16H18ClFIN3O. The largest absolute Gasteiger partial charge is 0.467 e. The molecule has 1 fully saturated rings. The second-order valence-electron chi connectivity index (χ2n) is 5.23. The van der Waals surface area contributed by atoms with Crippen LogP contribution >= 0.6 is 35.6 Å². The number of aliphatic imine (C=N–C) groups is 1. The molecule has 2 atom stereocenters. The number of furan rings is 1. The van der Waals surface area contributed by atoms with Gasteiger partial charge in [0, 0.05) is 29.6 Å². The summed E-state index contributed by atoms with van der Waals surface area (Å²) in [7, 11) is 1.70. The van der Waals surface area contributed by atoms with Gasteiger partial charge in [-0.25, -0.2) is 4.39 Å². The van der Waals surface area contributed by atoms with Crippen molar-refractivity contribution in [2.45, 2.75) is 24.9 Å². The normalized spacial score (nSPS) is 19.9. The number of nitrogens with one attached hydrogen (secondary N) is 2. The lowest BCUT2D eigenvalue weighted by atomic mass is 10.1.